The zero-order valence-electron chi connectivity index (χ0n) is 12.7. The topological polar surface area (TPSA) is 15.3 Å². The van der Waals surface area contributed by atoms with Crippen molar-refractivity contribution >= 4 is 24.0 Å². The first-order valence-electron chi connectivity index (χ1n) is 7.78. The maximum atomic E-state index is 12.9. The SMILES string of the molecule is Cl.FC(F)(F)c1ccc([C@@H](C2CCC2)N2CCNCC2)cc1Cl. The van der Waals surface area contributed by atoms with Gasteiger partial charge in [0.2, 0.25) is 0 Å². The lowest BCUT2D eigenvalue weighted by molar-refractivity contribution is -0.137. The van der Waals surface area contributed by atoms with Crippen molar-refractivity contribution in [1.82, 2.24) is 10.2 Å². The maximum Gasteiger partial charge on any atom is 0.417 e. The molecule has 2 fully saturated rings. The van der Waals surface area contributed by atoms with E-state index in [1.165, 1.54) is 12.5 Å². The zero-order chi connectivity index (χ0) is 15.7. The molecule has 0 bridgehead atoms. The van der Waals surface area contributed by atoms with E-state index in [9.17, 15) is 13.2 Å². The molecule has 1 aromatic rings. The van der Waals surface area contributed by atoms with Crippen molar-refractivity contribution in [2.45, 2.75) is 31.5 Å². The number of rotatable bonds is 3. The Morgan fingerprint density at radius 2 is 1.83 bits per heavy atom. The van der Waals surface area contributed by atoms with Gasteiger partial charge in [-0.15, -0.1) is 12.4 Å². The first-order chi connectivity index (χ1) is 10.5. The standard InChI is InChI=1S/C16H20ClF3N2.ClH/c17-14-10-12(4-5-13(14)16(18,19)20)15(11-2-1-3-11)22-8-6-21-7-9-22;/h4-5,10-11,15,21H,1-3,6-9H2;1H/t15-;/m1./s1. The number of hydrogen-bond donors (Lipinski definition) is 1. The van der Waals surface area contributed by atoms with E-state index >= 15 is 0 Å². The lowest BCUT2D eigenvalue weighted by atomic mass is 9.76. The van der Waals surface area contributed by atoms with Crippen LogP contribution in [0, 0.1) is 5.92 Å². The van der Waals surface area contributed by atoms with Crippen molar-refractivity contribution in [3.05, 3.63) is 34.3 Å². The molecule has 1 aromatic carbocycles. The summed E-state index contributed by atoms with van der Waals surface area (Å²) in [7, 11) is 0. The Balaban J connectivity index is 0.00000192. The molecule has 130 valence electrons. The minimum atomic E-state index is -4.39. The summed E-state index contributed by atoms with van der Waals surface area (Å²) in [6, 6.07) is 4.45. The van der Waals surface area contributed by atoms with Crippen LogP contribution in [-0.4, -0.2) is 31.1 Å². The Bertz CT molecular complexity index is 527. The van der Waals surface area contributed by atoms with Gasteiger partial charge >= 0.3 is 6.18 Å². The third-order valence-electron chi connectivity index (χ3n) is 4.78. The van der Waals surface area contributed by atoms with Crippen molar-refractivity contribution in [2.24, 2.45) is 5.92 Å². The van der Waals surface area contributed by atoms with Gasteiger partial charge in [-0.2, -0.15) is 13.2 Å². The van der Waals surface area contributed by atoms with E-state index in [1.807, 2.05) is 0 Å². The Hall–Kier alpha value is -0.490. The number of nitrogens with one attached hydrogen (secondary N) is 1. The minimum absolute atomic E-state index is 0. The molecule has 0 aromatic heterocycles. The van der Waals surface area contributed by atoms with Crippen LogP contribution < -0.4 is 5.32 Å². The second-order valence-corrected chi connectivity index (χ2v) is 6.57. The quantitative estimate of drug-likeness (QED) is 0.843. The van der Waals surface area contributed by atoms with Crippen LogP contribution in [0.15, 0.2) is 18.2 Å². The third kappa shape index (κ3) is 4.13. The van der Waals surface area contributed by atoms with Crippen LogP contribution in [0.3, 0.4) is 0 Å². The van der Waals surface area contributed by atoms with Gasteiger partial charge < -0.3 is 5.32 Å². The second-order valence-electron chi connectivity index (χ2n) is 6.16. The van der Waals surface area contributed by atoms with E-state index in [-0.39, 0.29) is 23.5 Å². The highest BCUT2D eigenvalue weighted by atomic mass is 35.5. The molecule has 0 unspecified atom stereocenters. The molecule has 1 atom stereocenters. The van der Waals surface area contributed by atoms with Crippen LogP contribution in [-0.2, 0) is 6.18 Å². The van der Waals surface area contributed by atoms with Crippen molar-refractivity contribution in [2.75, 3.05) is 26.2 Å². The fraction of sp³-hybridized carbons (Fsp3) is 0.625. The van der Waals surface area contributed by atoms with Gasteiger partial charge in [-0.25, -0.2) is 0 Å². The molecule has 3 rings (SSSR count). The van der Waals surface area contributed by atoms with E-state index in [4.69, 9.17) is 11.6 Å². The number of nitrogens with zero attached hydrogens (tertiary/aromatic N) is 1. The third-order valence-corrected chi connectivity index (χ3v) is 5.09. The first-order valence-corrected chi connectivity index (χ1v) is 8.16. The molecule has 1 heterocycles. The van der Waals surface area contributed by atoms with E-state index in [1.54, 1.807) is 6.07 Å². The summed E-state index contributed by atoms with van der Waals surface area (Å²) < 4.78 is 38.6. The monoisotopic (exact) mass is 368 g/mol. The highest BCUT2D eigenvalue weighted by Crippen LogP contribution is 2.43. The lowest BCUT2D eigenvalue weighted by Gasteiger charge is -2.43. The molecule has 1 saturated carbocycles. The lowest BCUT2D eigenvalue weighted by Crippen LogP contribution is -2.47. The fourth-order valence-corrected chi connectivity index (χ4v) is 3.74. The molecule has 0 amide bonds. The molecule has 0 radical (unpaired) electrons. The van der Waals surface area contributed by atoms with E-state index in [0.717, 1.165) is 50.7 Å². The molecular weight excluding hydrogens is 348 g/mol. The molecular formula is C16H21Cl2F3N2. The number of hydrogen-bond acceptors (Lipinski definition) is 2. The van der Waals surface area contributed by atoms with Crippen molar-refractivity contribution in [1.29, 1.82) is 0 Å². The van der Waals surface area contributed by atoms with Crippen molar-refractivity contribution in [3.63, 3.8) is 0 Å². The first kappa shape index (κ1) is 18.8. The van der Waals surface area contributed by atoms with Gasteiger partial charge in [-0.1, -0.05) is 24.1 Å². The molecule has 1 aliphatic heterocycles. The van der Waals surface area contributed by atoms with Gasteiger partial charge in [0.25, 0.3) is 0 Å². The number of alkyl halides is 3. The van der Waals surface area contributed by atoms with Gasteiger partial charge in [0.15, 0.2) is 0 Å². The van der Waals surface area contributed by atoms with Gasteiger partial charge in [0, 0.05) is 32.2 Å². The van der Waals surface area contributed by atoms with Crippen LogP contribution in [0.25, 0.3) is 0 Å². The fourth-order valence-electron chi connectivity index (χ4n) is 3.44. The number of benzene rings is 1. The summed E-state index contributed by atoms with van der Waals surface area (Å²) in [5.41, 5.74) is 0.176. The maximum absolute atomic E-state index is 12.9. The number of piperazine rings is 1. The molecule has 1 saturated heterocycles. The summed E-state index contributed by atoms with van der Waals surface area (Å²) in [6.07, 6.45) is -0.890. The zero-order valence-corrected chi connectivity index (χ0v) is 14.3. The van der Waals surface area contributed by atoms with Gasteiger partial charge in [-0.05, 0) is 36.5 Å². The minimum Gasteiger partial charge on any atom is -0.314 e. The van der Waals surface area contributed by atoms with Crippen LogP contribution in [0.2, 0.25) is 5.02 Å². The van der Waals surface area contributed by atoms with E-state index in [2.05, 4.69) is 10.2 Å². The van der Waals surface area contributed by atoms with E-state index in [0.29, 0.717) is 5.92 Å². The van der Waals surface area contributed by atoms with Crippen molar-refractivity contribution < 1.29 is 13.2 Å². The molecule has 0 spiro atoms. The summed E-state index contributed by atoms with van der Waals surface area (Å²) in [6.45, 7) is 3.72. The van der Waals surface area contributed by atoms with Crippen LogP contribution in [0.4, 0.5) is 13.2 Å². The van der Waals surface area contributed by atoms with Crippen molar-refractivity contribution in [3.8, 4) is 0 Å². The normalized spacial score (nSPS) is 21.4. The van der Waals surface area contributed by atoms with Crippen LogP contribution >= 0.6 is 24.0 Å². The van der Waals surface area contributed by atoms with Gasteiger partial charge in [0.1, 0.15) is 0 Å². The molecule has 1 aliphatic carbocycles. The number of halogens is 5. The largest absolute Gasteiger partial charge is 0.417 e. The molecule has 2 aliphatic rings. The van der Waals surface area contributed by atoms with E-state index < -0.39 is 11.7 Å². The highest BCUT2D eigenvalue weighted by molar-refractivity contribution is 6.31. The average Bonchev–Trinajstić information content (AvgIpc) is 2.42. The molecule has 7 heteroatoms. The summed E-state index contributed by atoms with van der Waals surface area (Å²) in [4.78, 5) is 2.39. The summed E-state index contributed by atoms with van der Waals surface area (Å²) in [5.74, 6) is 0.533. The Kier molecular flexibility index (Phi) is 6.22. The Morgan fingerprint density at radius 3 is 2.30 bits per heavy atom. The van der Waals surface area contributed by atoms with Gasteiger partial charge in [-0.3, -0.25) is 4.90 Å². The Labute approximate surface area is 145 Å². The van der Waals surface area contributed by atoms with Crippen LogP contribution in [0.1, 0.15) is 36.4 Å². The molecule has 1 N–H and O–H groups in total. The Morgan fingerprint density at radius 1 is 1.17 bits per heavy atom. The summed E-state index contributed by atoms with van der Waals surface area (Å²) in [5, 5.41) is 3.13. The predicted molar refractivity (Wildman–Crippen MR) is 88.2 cm³/mol. The second kappa shape index (κ2) is 7.60. The van der Waals surface area contributed by atoms with Gasteiger partial charge in [0.05, 0.1) is 10.6 Å². The average molecular weight is 369 g/mol. The predicted octanol–water partition coefficient (Wildman–Crippen LogP) is 4.53. The van der Waals surface area contributed by atoms with Crippen LogP contribution in [0.5, 0.6) is 0 Å². The highest BCUT2D eigenvalue weighted by Gasteiger charge is 2.36. The molecule has 23 heavy (non-hydrogen) atoms. The summed E-state index contributed by atoms with van der Waals surface area (Å²) >= 11 is 5.91. The molecule has 2 nitrogen and oxygen atoms in total. The smallest absolute Gasteiger partial charge is 0.314 e.